The van der Waals surface area contributed by atoms with E-state index in [2.05, 4.69) is 61.0 Å². The molecule has 2 saturated heterocycles. The molecule has 2 fully saturated rings. The van der Waals surface area contributed by atoms with Gasteiger partial charge in [-0.1, -0.05) is 42.5 Å². The number of amides is 2. The average Bonchev–Trinajstić information content (AvgIpc) is 3.12. The minimum absolute atomic E-state index is 0.0208. The number of nitrogens with one attached hydrogen (secondary N) is 1. The minimum Gasteiger partial charge on any atom is -0.329 e. The SMILES string of the molecule is C=C1CCC(N2Cc3cc(C4CCN(Cc5ccc(C)cc5C)CC4)ccc3C2=O)C(=O)N1. The number of piperidine rings is 2. The van der Waals surface area contributed by atoms with Crippen LogP contribution in [-0.4, -0.2) is 40.7 Å². The third-order valence-corrected chi connectivity index (χ3v) is 7.61. The number of likely N-dealkylation sites (tertiary alicyclic amines) is 1. The van der Waals surface area contributed by atoms with Gasteiger partial charge in [-0.15, -0.1) is 0 Å². The van der Waals surface area contributed by atoms with E-state index in [4.69, 9.17) is 0 Å². The fraction of sp³-hybridized carbons (Fsp3) is 0.429. The van der Waals surface area contributed by atoms with Crippen LogP contribution in [0, 0.1) is 13.8 Å². The molecule has 3 aliphatic heterocycles. The summed E-state index contributed by atoms with van der Waals surface area (Å²) in [6.45, 7) is 11.9. The van der Waals surface area contributed by atoms with Crippen molar-refractivity contribution in [1.82, 2.24) is 15.1 Å². The van der Waals surface area contributed by atoms with Crippen molar-refractivity contribution in [3.05, 3.63) is 82.1 Å². The molecule has 0 aliphatic carbocycles. The van der Waals surface area contributed by atoms with Gasteiger partial charge in [0.05, 0.1) is 0 Å². The number of benzene rings is 2. The van der Waals surface area contributed by atoms with Gasteiger partial charge in [-0.05, 0) is 86.9 Å². The highest BCUT2D eigenvalue weighted by atomic mass is 16.2. The molecule has 5 heteroatoms. The van der Waals surface area contributed by atoms with Gasteiger partial charge in [0.2, 0.25) is 5.91 Å². The lowest BCUT2D eigenvalue weighted by molar-refractivity contribution is -0.126. The number of hydrogen-bond donors (Lipinski definition) is 1. The Labute approximate surface area is 196 Å². The molecule has 0 aromatic heterocycles. The van der Waals surface area contributed by atoms with Crippen molar-refractivity contribution in [1.29, 1.82) is 0 Å². The Kier molecular flexibility index (Phi) is 5.83. The molecule has 0 spiro atoms. The van der Waals surface area contributed by atoms with Crippen LogP contribution in [0.3, 0.4) is 0 Å². The summed E-state index contributed by atoms with van der Waals surface area (Å²) in [5.74, 6) is 0.396. The number of rotatable bonds is 4. The lowest BCUT2D eigenvalue weighted by atomic mass is 9.87. The fourth-order valence-corrected chi connectivity index (χ4v) is 5.62. The molecule has 3 aliphatic rings. The van der Waals surface area contributed by atoms with Crippen molar-refractivity contribution in [3.8, 4) is 0 Å². The maximum atomic E-state index is 13.0. The predicted molar refractivity (Wildman–Crippen MR) is 130 cm³/mol. The van der Waals surface area contributed by atoms with E-state index in [1.807, 2.05) is 6.07 Å². The number of carbonyl (C=O) groups is 2. The Balaban J connectivity index is 1.23. The molecular weight excluding hydrogens is 410 g/mol. The maximum absolute atomic E-state index is 13.0. The van der Waals surface area contributed by atoms with E-state index in [1.165, 1.54) is 22.3 Å². The summed E-state index contributed by atoms with van der Waals surface area (Å²) in [5, 5.41) is 2.81. The summed E-state index contributed by atoms with van der Waals surface area (Å²) in [4.78, 5) is 29.7. The number of hydrogen-bond acceptors (Lipinski definition) is 3. The molecule has 5 nitrogen and oxygen atoms in total. The Morgan fingerprint density at radius 1 is 1.03 bits per heavy atom. The number of nitrogens with zero attached hydrogens (tertiary/aromatic N) is 2. The van der Waals surface area contributed by atoms with Crippen LogP contribution in [0.4, 0.5) is 0 Å². The van der Waals surface area contributed by atoms with Crippen LogP contribution in [0.5, 0.6) is 0 Å². The molecule has 1 atom stereocenters. The van der Waals surface area contributed by atoms with Crippen molar-refractivity contribution >= 4 is 11.8 Å². The highest BCUT2D eigenvalue weighted by Crippen LogP contribution is 2.34. The molecule has 0 saturated carbocycles. The van der Waals surface area contributed by atoms with Crippen LogP contribution < -0.4 is 5.32 Å². The Morgan fingerprint density at radius 2 is 1.82 bits per heavy atom. The summed E-state index contributed by atoms with van der Waals surface area (Å²) in [6.07, 6.45) is 3.64. The van der Waals surface area contributed by atoms with Gasteiger partial charge in [-0.25, -0.2) is 0 Å². The second-order valence-electron chi connectivity index (χ2n) is 9.98. The zero-order valence-corrected chi connectivity index (χ0v) is 19.7. The van der Waals surface area contributed by atoms with E-state index >= 15 is 0 Å². The normalized spacial score (nSPS) is 21.9. The average molecular weight is 444 g/mol. The minimum atomic E-state index is -0.396. The molecule has 1 N–H and O–H groups in total. The van der Waals surface area contributed by atoms with Crippen LogP contribution in [0.15, 0.2) is 48.7 Å². The first kappa shape index (κ1) is 21.9. The van der Waals surface area contributed by atoms with Gasteiger partial charge >= 0.3 is 0 Å². The van der Waals surface area contributed by atoms with Crippen molar-refractivity contribution in [2.24, 2.45) is 0 Å². The molecule has 3 heterocycles. The third-order valence-electron chi connectivity index (χ3n) is 7.61. The second-order valence-corrected chi connectivity index (χ2v) is 9.98. The summed E-state index contributed by atoms with van der Waals surface area (Å²) in [5.41, 5.74) is 8.00. The molecule has 2 aromatic rings. The van der Waals surface area contributed by atoms with E-state index < -0.39 is 6.04 Å². The monoisotopic (exact) mass is 443 g/mol. The summed E-state index contributed by atoms with van der Waals surface area (Å²) in [7, 11) is 0. The number of allylic oxidation sites excluding steroid dienone is 1. The smallest absolute Gasteiger partial charge is 0.255 e. The van der Waals surface area contributed by atoms with Crippen molar-refractivity contribution in [2.75, 3.05) is 13.1 Å². The summed E-state index contributed by atoms with van der Waals surface area (Å²) >= 11 is 0. The zero-order chi connectivity index (χ0) is 23.1. The highest BCUT2D eigenvalue weighted by molar-refractivity contribution is 6.01. The molecule has 0 bridgehead atoms. The molecule has 33 heavy (non-hydrogen) atoms. The molecule has 2 amide bonds. The Bertz CT molecular complexity index is 1110. The third kappa shape index (κ3) is 4.34. The predicted octanol–water partition coefficient (Wildman–Crippen LogP) is 4.43. The molecule has 1 unspecified atom stereocenters. The highest BCUT2D eigenvalue weighted by Gasteiger charge is 2.38. The van der Waals surface area contributed by atoms with Gasteiger partial charge in [0.25, 0.3) is 5.91 Å². The van der Waals surface area contributed by atoms with Gasteiger partial charge in [-0.3, -0.25) is 14.5 Å². The van der Waals surface area contributed by atoms with Crippen LogP contribution in [-0.2, 0) is 17.9 Å². The molecule has 0 radical (unpaired) electrons. The topological polar surface area (TPSA) is 52.7 Å². The van der Waals surface area contributed by atoms with E-state index in [0.717, 1.165) is 55.7 Å². The van der Waals surface area contributed by atoms with E-state index in [9.17, 15) is 9.59 Å². The van der Waals surface area contributed by atoms with Crippen LogP contribution >= 0.6 is 0 Å². The quantitative estimate of drug-likeness (QED) is 0.761. The van der Waals surface area contributed by atoms with Crippen molar-refractivity contribution in [3.63, 3.8) is 0 Å². The summed E-state index contributed by atoms with van der Waals surface area (Å²) in [6, 6.07) is 12.7. The maximum Gasteiger partial charge on any atom is 0.255 e. The molecular formula is C28H33N3O2. The number of aryl methyl sites for hydroxylation is 2. The zero-order valence-electron chi connectivity index (χ0n) is 19.7. The van der Waals surface area contributed by atoms with Crippen LogP contribution in [0.1, 0.15) is 69.8 Å². The molecule has 2 aromatic carbocycles. The van der Waals surface area contributed by atoms with E-state index in [1.54, 1.807) is 4.90 Å². The first-order valence-corrected chi connectivity index (χ1v) is 12.1. The first-order valence-electron chi connectivity index (χ1n) is 12.1. The first-order chi connectivity index (χ1) is 15.9. The standard InChI is InChI=1S/C28H33N3O2/c1-18-4-6-23(19(2)14-18)16-30-12-10-21(11-13-30)22-7-8-25-24(15-22)17-31(28(25)33)26-9-5-20(3)29-27(26)32/h4,6-8,14-15,21,26H,3,5,9-13,16-17H2,1-2H3,(H,29,32). The van der Waals surface area contributed by atoms with Crippen LogP contribution in [0.25, 0.3) is 0 Å². The van der Waals surface area contributed by atoms with E-state index in [-0.39, 0.29) is 11.8 Å². The van der Waals surface area contributed by atoms with Gasteiger partial charge in [-0.2, -0.15) is 0 Å². The Morgan fingerprint density at radius 3 is 2.55 bits per heavy atom. The van der Waals surface area contributed by atoms with Gasteiger partial charge in [0.15, 0.2) is 0 Å². The van der Waals surface area contributed by atoms with Gasteiger partial charge in [0, 0.05) is 24.4 Å². The van der Waals surface area contributed by atoms with Gasteiger partial charge < -0.3 is 10.2 Å². The van der Waals surface area contributed by atoms with Crippen molar-refractivity contribution < 1.29 is 9.59 Å². The fourth-order valence-electron chi connectivity index (χ4n) is 5.62. The van der Waals surface area contributed by atoms with E-state index in [0.29, 0.717) is 18.9 Å². The van der Waals surface area contributed by atoms with Crippen molar-refractivity contribution in [2.45, 2.75) is 64.6 Å². The van der Waals surface area contributed by atoms with Gasteiger partial charge in [0.1, 0.15) is 6.04 Å². The lowest BCUT2D eigenvalue weighted by Gasteiger charge is -2.32. The number of fused-ring (bicyclic) bond motifs is 1. The Hall–Kier alpha value is -2.92. The lowest BCUT2D eigenvalue weighted by Crippen LogP contribution is -2.49. The largest absolute Gasteiger partial charge is 0.329 e. The molecule has 5 rings (SSSR count). The molecule has 172 valence electrons. The number of carbonyl (C=O) groups excluding carboxylic acids is 2. The summed E-state index contributed by atoms with van der Waals surface area (Å²) < 4.78 is 0. The van der Waals surface area contributed by atoms with Crippen LogP contribution in [0.2, 0.25) is 0 Å². The second kappa shape index (κ2) is 8.79.